The summed E-state index contributed by atoms with van der Waals surface area (Å²) in [5, 5.41) is 8.23. The lowest BCUT2D eigenvalue weighted by Gasteiger charge is -1.77. The van der Waals surface area contributed by atoms with Crippen molar-refractivity contribution in [2.75, 3.05) is 0 Å². The molecule has 0 spiro atoms. The molecule has 0 fully saturated rings. The van der Waals surface area contributed by atoms with Gasteiger partial charge in [-0.15, -0.1) is 0 Å². The van der Waals surface area contributed by atoms with Crippen LogP contribution in [0.3, 0.4) is 0 Å². The topological polar surface area (TPSA) is 41.6 Å². The molecule has 10 heavy (non-hydrogen) atoms. The first-order valence-electron chi connectivity index (χ1n) is 3.21. The highest BCUT2D eigenvalue weighted by molar-refractivity contribution is 5.14. The Kier molecular flexibility index (Phi) is 3.97. The van der Waals surface area contributed by atoms with Gasteiger partial charge in [-0.1, -0.05) is 13.8 Å². The van der Waals surface area contributed by atoms with Gasteiger partial charge < -0.3 is 4.57 Å². The van der Waals surface area contributed by atoms with E-state index in [1.165, 1.54) is 0 Å². The van der Waals surface area contributed by atoms with Crippen molar-refractivity contribution in [3.05, 3.63) is 18.2 Å². The van der Waals surface area contributed by atoms with E-state index in [2.05, 4.69) is 4.98 Å². The van der Waals surface area contributed by atoms with Gasteiger partial charge in [0.1, 0.15) is 6.07 Å². The van der Waals surface area contributed by atoms with Gasteiger partial charge in [0.2, 0.25) is 0 Å². The first-order valence-corrected chi connectivity index (χ1v) is 3.21. The van der Waals surface area contributed by atoms with Gasteiger partial charge in [-0.05, 0) is 0 Å². The minimum Gasteiger partial charge on any atom is -0.339 e. The molecule has 0 atom stereocenters. The van der Waals surface area contributed by atoms with E-state index < -0.39 is 0 Å². The summed E-state index contributed by atoms with van der Waals surface area (Å²) in [6, 6.07) is 1.92. The first kappa shape index (κ1) is 8.70. The highest BCUT2D eigenvalue weighted by atomic mass is 15.0. The van der Waals surface area contributed by atoms with Crippen molar-refractivity contribution in [1.82, 2.24) is 9.55 Å². The molecule has 0 bridgehead atoms. The maximum absolute atomic E-state index is 8.23. The predicted octanol–water partition coefficient (Wildman–Crippen LogP) is 1.32. The van der Waals surface area contributed by atoms with Gasteiger partial charge in [0.15, 0.2) is 5.69 Å². The normalized spacial score (nSPS) is 7.40. The molecule has 0 saturated carbocycles. The first-order chi connectivity index (χ1) is 4.83. The van der Waals surface area contributed by atoms with Crippen LogP contribution in [-0.4, -0.2) is 9.55 Å². The number of hydrogen-bond acceptors (Lipinski definition) is 2. The minimum absolute atomic E-state index is 0.465. The molecule has 0 aliphatic heterocycles. The molecule has 0 aromatic carbocycles. The van der Waals surface area contributed by atoms with Gasteiger partial charge in [0.25, 0.3) is 0 Å². The second kappa shape index (κ2) is 4.57. The van der Waals surface area contributed by atoms with E-state index in [1.54, 1.807) is 17.1 Å². The van der Waals surface area contributed by atoms with Crippen molar-refractivity contribution >= 4 is 0 Å². The van der Waals surface area contributed by atoms with Crippen LogP contribution < -0.4 is 0 Å². The van der Waals surface area contributed by atoms with Crippen molar-refractivity contribution in [3.63, 3.8) is 0 Å². The van der Waals surface area contributed by atoms with Gasteiger partial charge in [0, 0.05) is 13.2 Å². The fourth-order valence-electron chi connectivity index (χ4n) is 0.471. The van der Waals surface area contributed by atoms with Crippen LogP contribution in [0, 0.1) is 11.3 Å². The quantitative estimate of drug-likeness (QED) is 0.541. The summed E-state index contributed by atoms with van der Waals surface area (Å²) in [7, 11) is 1.83. The average Bonchev–Trinajstić information content (AvgIpc) is 2.40. The van der Waals surface area contributed by atoms with E-state index in [0.717, 1.165) is 0 Å². The minimum atomic E-state index is 0.465. The molecule has 1 aromatic heterocycles. The second-order valence-electron chi connectivity index (χ2n) is 1.54. The number of hydrogen-bond donors (Lipinski definition) is 0. The summed E-state index contributed by atoms with van der Waals surface area (Å²) in [6.07, 6.45) is 3.26. The van der Waals surface area contributed by atoms with E-state index in [1.807, 2.05) is 27.0 Å². The molecule has 1 heterocycles. The molecule has 0 saturated heterocycles. The largest absolute Gasteiger partial charge is 0.339 e. The SMILES string of the molecule is CC.Cn1cnc(C#N)c1. The smallest absolute Gasteiger partial charge is 0.158 e. The fraction of sp³-hybridized carbons (Fsp3) is 0.429. The zero-order chi connectivity index (χ0) is 7.98. The highest BCUT2D eigenvalue weighted by Gasteiger charge is 1.88. The summed E-state index contributed by atoms with van der Waals surface area (Å²) < 4.78 is 1.73. The van der Waals surface area contributed by atoms with Gasteiger partial charge in [-0.2, -0.15) is 5.26 Å². The van der Waals surface area contributed by atoms with Crippen molar-refractivity contribution in [3.8, 4) is 6.07 Å². The standard InChI is InChI=1S/C5H5N3.C2H6/c1-8-3-5(2-6)7-4-8;1-2/h3-4H,1H3;1-2H3. The molecule has 1 rings (SSSR count). The number of aromatic nitrogens is 2. The zero-order valence-electron chi connectivity index (χ0n) is 6.50. The Bertz CT molecular complexity index is 219. The second-order valence-corrected chi connectivity index (χ2v) is 1.54. The van der Waals surface area contributed by atoms with Gasteiger partial charge in [-0.3, -0.25) is 0 Å². The molecule has 0 aliphatic carbocycles. The third kappa shape index (κ3) is 2.31. The maximum atomic E-state index is 8.23. The van der Waals surface area contributed by atoms with Crippen LogP contribution in [0.25, 0.3) is 0 Å². The summed E-state index contributed by atoms with van der Waals surface area (Å²) in [5.74, 6) is 0. The fourth-order valence-corrected chi connectivity index (χ4v) is 0.471. The summed E-state index contributed by atoms with van der Waals surface area (Å²) in [5.41, 5.74) is 0.465. The van der Waals surface area contributed by atoms with E-state index in [4.69, 9.17) is 5.26 Å². The highest BCUT2D eigenvalue weighted by Crippen LogP contribution is 1.87. The summed E-state index contributed by atoms with van der Waals surface area (Å²) >= 11 is 0. The van der Waals surface area contributed by atoms with Crippen LogP contribution in [0.2, 0.25) is 0 Å². The lowest BCUT2D eigenvalue weighted by Crippen LogP contribution is -1.77. The monoisotopic (exact) mass is 137 g/mol. The molecule has 3 heteroatoms. The molecule has 0 aliphatic rings. The molecule has 54 valence electrons. The number of rotatable bonds is 0. The molecular formula is C7H11N3. The number of nitriles is 1. The lowest BCUT2D eigenvalue weighted by molar-refractivity contribution is 0.913. The van der Waals surface area contributed by atoms with Crippen molar-refractivity contribution < 1.29 is 0 Å². The van der Waals surface area contributed by atoms with Crippen LogP contribution in [0.5, 0.6) is 0 Å². The van der Waals surface area contributed by atoms with Crippen molar-refractivity contribution in [2.45, 2.75) is 13.8 Å². The molecule has 3 nitrogen and oxygen atoms in total. The third-order valence-corrected chi connectivity index (χ3v) is 0.819. The molecule has 1 aromatic rings. The Balaban J connectivity index is 0.000000371. The Morgan fingerprint density at radius 1 is 1.60 bits per heavy atom. The summed E-state index contributed by atoms with van der Waals surface area (Å²) in [6.45, 7) is 4.00. The van der Waals surface area contributed by atoms with E-state index in [-0.39, 0.29) is 0 Å². The zero-order valence-corrected chi connectivity index (χ0v) is 6.50. The van der Waals surface area contributed by atoms with E-state index >= 15 is 0 Å². The van der Waals surface area contributed by atoms with Crippen LogP contribution in [0.15, 0.2) is 12.5 Å². The van der Waals surface area contributed by atoms with Crippen LogP contribution in [-0.2, 0) is 7.05 Å². The van der Waals surface area contributed by atoms with Crippen molar-refractivity contribution in [2.24, 2.45) is 7.05 Å². The van der Waals surface area contributed by atoms with Gasteiger partial charge in [0.05, 0.1) is 6.33 Å². The average molecular weight is 137 g/mol. The molecule has 0 unspecified atom stereocenters. The Morgan fingerprint density at radius 3 is 2.40 bits per heavy atom. The van der Waals surface area contributed by atoms with Crippen LogP contribution >= 0.6 is 0 Å². The Morgan fingerprint density at radius 2 is 2.20 bits per heavy atom. The van der Waals surface area contributed by atoms with Crippen molar-refractivity contribution in [1.29, 1.82) is 5.26 Å². The van der Waals surface area contributed by atoms with Gasteiger partial charge >= 0.3 is 0 Å². The third-order valence-electron chi connectivity index (χ3n) is 0.819. The van der Waals surface area contributed by atoms with Gasteiger partial charge in [-0.25, -0.2) is 4.98 Å². The van der Waals surface area contributed by atoms with Crippen LogP contribution in [0.4, 0.5) is 0 Å². The number of nitrogens with zero attached hydrogens (tertiary/aromatic N) is 3. The Labute approximate surface area is 60.9 Å². The lowest BCUT2D eigenvalue weighted by atomic mass is 10.5. The molecule has 0 amide bonds. The van der Waals surface area contributed by atoms with E-state index in [0.29, 0.717) is 5.69 Å². The predicted molar refractivity (Wildman–Crippen MR) is 39.3 cm³/mol. The molecular weight excluding hydrogens is 126 g/mol. The molecule has 0 N–H and O–H groups in total. The summed E-state index contributed by atoms with van der Waals surface area (Å²) in [4.78, 5) is 3.74. The number of aryl methyl sites for hydroxylation is 1. The van der Waals surface area contributed by atoms with Crippen LogP contribution in [0.1, 0.15) is 19.5 Å². The van der Waals surface area contributed by atoms with E-state index in [9.17, 15) is 0 Å². The molecule has 0 radical (unpaired) electrons. The number of imidazole rings is 1. The maximum Gasteiger partial charge on any atom is 0.158 e. The Hall–Kier alpha value is -1.30.